The molecule has 0 amide bonds. The molecule has 1 aliphatic heterocycles. The number of rotatable bonds is 4. The second-order valence-electron chi connectivity index (χ2n) is 5.80. The van der Waals surface area contributed by atoms with Gasteiger partial charge in [-0.2, -0.15) is 0 Å². The van der Waals surface area contributed by atoms with Gasteiger partial charge in [0, 0.05) is 35.8 Å². The monoisotopic (exact) mass is 374 g/mol. The van der Waals surface area contributed by atoms with Crippen molar-refractivity contribution in [3.63, 3.8) is 0 Å². The van der Waals surface area contributed by atoms with Crippen molar-refractivity contribution < 1.29 is 8.42 Å². The van der Waals surface area contributed by atoms with Crippen molar-refractivity contribution in [1.29, 1.82) is 0 Å². The van der Waals surface area contributed by atoms with E-state index in [1.807, 2.05) is 0 Å². The summed E-state index contributed by atoms with van der Waals surface area (Å²) in [5, 5.41) is 3.40. The average molecular weight is 375 g/mol. The first-order valence-corrected chi connectivity index (χ1v) is 9.96. The molecule has 0 saturated carbocycles. The van der Waals surface area contributed by atoms with Crippen LogP contribution >= 0.6 is 15.9 Å². The third-order valence-electron chi connectivity index (χ3n) is 3.66. The summed E-state index contributed by atoms with van der Waals surface area (Å²) in [4.78, 5) is 2.16. The zero-order valence-electron chi connectivity index (χ0n) is 12.6. The van der Waals surface area contributed by atoms with Gasteiger partial charge in [0.25, 0.3) is 0 Å². The van der Waals surface area contributed by atoms with Crippen LogP contribution in [0.2, 0.25) is 0 Å². The van der Waals surface area contributed by atoms with E-state index in [9.17, 15) is 8.42 Å². The molecule has 0 spiro atoms. The summed E-state index contributed by atoms with van der Waals surface area (Å²) in [7, 11) is -2.86. The third-order valence-corrected chi connectivity index (χ3v) is 6.11. The summed E-state index contributed by atoms with van der Waals surface area (Å²) in [6, 6.07) is 6.73. The van der Waals surface area contributed by atoms with Crippen LogP contribution in [0.15, 0.2) is 22.7 Å². The van der Waals surface area contributed by atoms with E-state index in [4.69, 9.17) is 0 Å². The lowest BCUT2D eigenvalue weighted by molar-refractivity contribution is 0.588. The van der Waals surface area contributed by atoms with Crippen LogP contribution in [0, 0.1) is 0 Å². The number of halogens is 1. The van der Waals surface area contributed by atoms with Crippen molar-refractivity contribution in [1.82, 2.24) is 5.32 Å². The minimum atomic E-state index is -2.86. The Bertz CT molecular complexity index is 587. The van der Waals surface area contributed by atoms with E-state index in [-0.39, 0.29) is 5.75 Å². The quantitative estimate of drug-likeness (QED) is 0.879. The molecule has 0 radical (unpaired) electrons. The summed E-state index contributed by atoms with van der Waals surface area (Å²) in [5.74, 6) is 0.558. The average Bonchev–Trinajstić information content (AvgIpc) is 2.58. The Morgan fingerprint density at radius 1 is 1.29 bits per heavy atom. The third kappa shape index (κ3) is 4.97. The molecule has 0 aromatic heterocycles. The number of sulfone groups is 1. The first kappa shape index (κ1) is 16.8. The number of hydrogen-bond donors (Lipinski definition) is 1. The molecule has 0 bridgehead atoms. The maximum absolute atomic E-state index is 11.7. The standard InChI is InChI=1S/C15H23BrN2O2S/c1-12(2)17-11-13-4-5-14(10-15(13)16)18-6-3-8-21(19,20)9-7-18/h4-5,10,12,17H,3,6-9,11H2,1-2H3. The van der Waals surface area contributed by atoms with Gasteiger partial charge in [-0.3, -0.25) is 0 Å². The van der Waals surface area contributed by atoms with Gasteiger partial charge in [-0.1, -0.05) is 35.8 Å². The summed E-state index contributed by atoms with van der Waals surface area (Å²) in [6.07, 6.45) is 0.705. The smallest absolute Gasteiger partial charge is 0.152 e. The van der Waals surface area contributed by atoms with E-state index in [1.54, 1.807) is 0 Å². The minimum Gasteiger partial charge on any atom is -0.370 e. The number of hydrogen-bond acceptors (Lipinski definition) is 4. The summed E-state index contributed by atoms with van der Waals surface area (Å²) in [5.41, 5.74) is 2.31. The van der Waals surface area contributed by atoms with Gasteiger partial charge in [0.15, 0.2) is 9.84 Å². The highest BCUT2D eigenvalue weighted by atomic mass is 79.9. The van der Waals surface area contributed by atoms with Crippen LogP contribution in [0.5, 0.6) is 0 Å². The first-order valence-electron chi connectivity index (χ1n) is 7.34. The molecule has 2 rings (SSSR count). The van der Waals surface area contributed by atoms with Gasteiger partial charge in [0.05, 0.1) is 11.5 Å². The maximum atomic E-state index is 11.7. The van der Waals surface area contributed by atoms with E-state index in [2.05, 4.69) is 58.2 Å². The van der Waals surface area contributed by atoms with Gasteiger partial charge < -0.3 is 10.2 Å². The number of anilines is 1. The Morgan fingerprint density at radius 3 is 2.71 bits per heavy atom. The number of benzene rings is 1. The first-order chi connectivity index (χ1) is 9.87. The Kier molecular flexibility index (Phi) is 5.68. The van der Waals surface area contributed by atoms with Crippen LogP contribution in [0.3, 0.4) is 0 Å². The molecule has 6 heteroatoms. The van der Waals surface area contributed by atoms with Gasteiger partial charge in [-0.25, -0.2) is 8.42 Å². The molecule has 118 valence electrons. The molecule has 1 aromatic carbocycles. The second-order valence-corrected chi connectivity index (χ2v) is 8.96. The van der Waals surface area contributed by atoms with Crippen LogP contribution in [0.4, 0.5) is 5.69 Å². The lowest BCUT2D eigenvalue weighted by Crippen LogP contribution is -2.27. The van der Waals surface area contributed by atoms with Crippen molar-refractivity contribution in [3.05, 3.63) is 28.2 Å². The largest absolute Gasteiger partial charge is 0.370 e. The molecule has 1 aromatic rings. The van der Waals surface area contributed by atoms with Crippen LogP contribution in [0.25, 0.3) is 0 Å². The summed E-state index contributed by atoms with van der Waals surface area (Å²) in [6.45, 7) is 6.46. The summed E-state index contributed by atoms with van der Waals surface area (Å²) >= 11 is 3.62. The van der Waals surface area contributed by atoms with Gasteiger partial charge >= 0.3 is 0 Å². The highest BCUT2D eigenvalue weighted by Crippen LogP contribution is 2.25. The van der Waals surface area contributed by atoms with Crippen LogP contribution in [0.1, 0.15) is 25.8 Å². The van der Waals surface area contributed by atoms with E-state index in [1.165, 1.54) is 5.56 Å². The van der Waals surface area contributed by atoms with Gasteiger partial charge in [-0.15, -0.1) is 0 Å². The minimum absolute atomic E-state index is 0.251. The normalized spacial score (nSPS) is 18.8. The Hall–Kier alpha value is -0.590. The van der Waals surface area contributed by atoms with E-state index >= 15 is 0 Å². The Balaban J connectivity index is 2.09. The topological polar surface area (TPSA) is 49.4 Å². The fourth-order valence-electron chi connectivity index (χ4n) is 2.39. The highest BCUT2D eigenvalue weighted by molar-refractivity contribution is 9.10. The lowest BCUT2D eigenvalue weighted by Gasteiger charge is -2.23. The van der Waals surface area contributed by atoms with Crippen molar-refractivity contribution in [2.45, 2.75) is 32.9 Å². The number of nitrogens with zero attached hydrogens (tertiary/aromatic N) is 1. The van der Waals surface area contributed by atoms with Gasteiger partial charge in [-0.05, 0) is 24.1 Å². The molecule has 21 heavy (non-hydrogen) atoms. The van der Waals surface area contributed by atoms with Crippen LogP contribution in [-0.4, -0.2) is 39.1 Å². The molecule has 1 fully saturated rings. The molecular formula is C15H23BrN2O2S. The highest BCUT2D eigenvalue weighted by Gasteiger charge is 2.19. The molecule has 1 saturated heterocycles. The van der Waals surface area contributed by atoms with Crippen molar-refractivity contribution in [3.8, 4) is 0 Å². The molecule has 0 unspecified atom stereocenters. The molecule has 0 atom stereocenters. The zero-order valence-corrected chi connectivity index (χ0v) is 15.0. The Labute approximate surface area is 136 Å². The van der Waals surface area contributed by atoms with Crippen molar-refractivity contribution in [2.24, 2.45) is 0 Å². The van der Waals surface area contributed by atoms with E-state index in [0.717, 1.165) is 23.2 Å². The van der Waals surface area contributed by atoms with Gasteiger partial charge in [0.1, 0.15) is 0 Å². The molecule has 1 heterocycles. The Morgan fingerprint density at radius 2 is 2.05 bits per heavy atom. The molecule has 1 N–H and O–H groups in total. The maximum Gasteiger partial charge on any atom is 0.152 e. The fourth-order valence-corrected chi connectivity index (χ4v) is 4.17. The zero-order chi connectivity index (χ0) is 15.5. The molecular weight excluding hydrogens is 352 g/mol. The summed E-state index contributed by atoms with van der Waals surface area (Å²) < 4.78 is 24.4. The van der Waals surface area contributed by atoms with Crippen LogP contribution < -0.4 is 10.2 Å². The lowest BCUT2D eigenvalue weighted by atomic mass is 10.2. The SMILES string of the molecule is CC(C)NCc1ccc(N2CCCS(=O)(=O)CC2)cc1Br. The molecule has 0 aliphatic carbocycles. The molecule has 1 aliphatic rings. The second kappa shape index (κ2) is 7.11. The predicted molar refractivity (Wildman–Crippen MR) is 91.6 cm³/mol. The van der Waals surface area contributed by atoms with E-state index < -0.39 is 9.84 Å². The van der Waals surface area contributed by atoms with Crippen LogP contribution in [-0.2, 0) is 16.4 Å². The predicted octanol–water partition coefficient (Wildman–Crippen LogP) is 2.57. The van der Waals surface area contributed by atoms with Crippen molar-refractivity contribution in [2.75, 3.05) is 29.5 Å². The fraction of sp³-hybridized carbons (Fsp3) is 0.600. The van der Waals surface area contributed by atoms with Crippen molar-refractivity contribution >= 4 is 31.5 Å². The van der Waals surface area contributed by atoms with E-state index in [0.29, 0.717) is 24.8 Å². The number of nitrogens with one attached hydrogen (secondary N) is 1. The van der Waals surface area contributed by atoms with Gasteiger partial charge in [0.2, 0.25) is 0 Å². The molecule has 4 nitrogen and oxygen atoms in total.